The third-order valence-corrected chi connectivity index (χ3v) is 5.44. The molecular formula is C18H18ClN5O3. The van der Waals surface area contributed by atoms with Crippen molar-refractivity contribution in [2.75, 3.05) is 13.1 Å². The number of rotatable bonds is 3. The van der Waals surface area contributed by atoms with E-state index in [0.717, 1.165) is 6.42 Å². The summed E-state index contributed by atoms with van der Waals surface area (Å²) in [6, 6.07) is 3.22. The lowest BCUT2D eigenvalue weighted by atomic mass is 10.2. The zero-order chi connectivity index (χ0) is 19.3. The van der Waals surface area contributed by atoms with E-state index < -0.39 is 0 Å². The van der Waals surface area contributed by atoms with E-state index in [2.05, 4.69) is 5.10 Å². The Morgan fingerprint density at radius 1 is 1.30 bits per heavy atom. The maximum absolute atomic E-state index is 13.1. The summed E-state index contributed by atoms with van der Waals surface area (Å²) in [4.78, 5) is 29.3. The van der Waals surface area contributed by atoms with Gasteiger partial charge in [0.1, 0.15) is 18.0 Å². The van der Waals surface area contributed by atoms with Crippen molar-refractivity contribution in [3.63, 3.8) is 0 Å². The van der Waals surface area contributed by atoms with Crippen LogP contribution < -0.4 is 0 Å². The zero-order valence-electron chi connectivity index (χ0n) is 14.9. The van der Waals surface area contributed by atoms with Crippen molar-refractivity contribution >= 4 is 23.4 Å². The second kappa shape index (κ2) is 6.43. The molecule has 0 aliphatic carbocycles. The molecule has 27 heavy (non-hydrogen) atoms. The number of carbonyl (C=O) groups is 2. The van der Waals surface area contributed by atoms with Crippen LogP contribution in [0.15, 0.2) is 22.9 Å². The average Bonchev–Trinajstić information content (AvgIpc) is 3.42. The molecule has 0 N–H and O–H groups in total. The molecule has 0 spiro atoms. The van der Waals surface area contributed by atoms with Crippen molar-refractivity contribution in [3.8, 4) is 6.07 Å². The molecule has 2 aromatic heterocycles. The van der Waals surface area contributed by atoms with Crippen LogP contribution in [0.5, 0.6) is 0 Å². The minimum Gasteiger partial charge on any atom is -0.453 e. The summed E-state index contributed by atoms with van der Waals surface area (Å²) in [5, 5.41) is 13.4. The Kier molecular flexibility index (Phi) is 4.19. The molecular weight excluding hydrogens is 370 g/mol. The summed E-state index contributed by atoms with van der Waals surface area (Å²) < 4.78 is 6.67. The molecule has 2 fully saturated rings. The van der Waals surface area contributed by atoms with Crippen molar-refractivity contribution < 1.29 is 14.0 Å². The summed E-state index contributed by atoms with van der Waals surface area (Å²) in [6.07, 6.45) is 3.52. The minimum absolute atomic E-state index is 0.0183. The standard InChI is InChI=1S/C18H18ClN5O3/c1-10(2)24-16(15(19)6-21-24)18(26)23-8-12-4-13(23)7-22(12)17(25)11-3-14(5-20)27-9-11/h3,6,9-10,12-13H,4,7-8H2,1-2H3/t12-,13-/m0/s1. The molecule has 2 aliphatic rings. The predicted molar refractivity (Wildman–Crippen MR) is 95.3 cm³/mol. The van der Waals surface area contributed by atoms with Crippen LogP contribution in [-0.2, 0) is 0 Å². The number of hydrogen-bond donors (Lipinski definition) is 0. The van der Waals surface area contributed by atoms with Crippen LogP contribution in [0.25, 0.3) is 0 Å². The first-order chi connectivity index (χ1) is 12.9. The van der Waals surface area contributed by atoms with Gasteiger partial charge in [-0.2, -0.15) is 10.4 Å². The Labute approximate surface area is 160 Å². The molecule has 2 bridgehead atoms. The molecule has 0 saturated carbocycles. The van der Waals surface area contributed by atoms with Gasteiger partial charge in [-0.25, -0.2) is 0 Å². The van der Waals surface area contributed by atoms with E-state index in [-0.39, 0.29) is 35.7 Å². The fraction of sp³-hybridized carbons (Fsp3) is 0.444. The van der Waals surface area contributed by atoms with Gasteiger partial charge < -0.3 is 14.2 Å². The highest BCUT2D eigenvalue weighted by Crippen LogP contribution is 2.34. The van der Waals surface area contributed by atoms with Crippen LogP contribution in [0.2, 0.25) is 5.02 Å². The van der Waals surface area contributed by atoms with Crippen molar-refractivity contribution in [2.45, 2.75) is 38.4 Å². The van der Waals surface area contributed by atoms with Crippen molar-refractivity contribution in [1.82, 2.24) is 19.6 Å². The molecule has 2 saturated heterocycles. The molecule has 4 rings (SSSR count). The highest BCUT2D eigenvalue weighted by molar-refractivity contribution is 6.33. The van der Waals surface area contributed by atoms with Gasteiger partial charge in [-0.3, -0.25) is 14.3 Å². The first-order valence-corrected chi connectivity index (χ1v) is 9.12. The van der Waals surface area contributed by atoms with Gasteiger partial charge in [-0.05, 0) is 20.3 Å². The fourth-order valence-electron chi connectivity index (χ4n) is 3.91. The maximum atomic E-state index is 13.1. The van der Waals surface area contributed by atoms with Crippen molar-refractivity contribution in [3.05, 3.63) is 40.6 Å². The van der Waals surface area contributed by atoms with Crippen molar-refractivity contribution in [1.29, 1.82) is 5.26 Å². The lowest BCUT2D eigenvalue weighted by molar-refractivity contribution is 0.0518. The highest BCUT2D eigenvalue weighted by Gasteiger charge is 2.48. The molecule has 140 valence electrons. The maximum Gasteiger partial charge on any atom is 0.274 e. The molecule has 9 heteroatoms. The number of piperazine rings is 1. The lowest BCUT2D eigenvalue weighted by Crippen LogP contribution is -2.51. The van der Waals surface area contributed by atoms with Gasteiger partial charge in [-0.1, -0.05) is 11.6 Å². The van der Waals surface area contributed by atoms with E-state index in [1.165, 1.54) is 18.5 Å². The van der Waals surface area contributed by atoms with Gasteiger partial charge >= 0.3 is 0 Å². The third-order valence-electron chi connectivity index (χ3n) is 5.16. The number of fused-ring (bicyclic) bond motifs is 2. The summed E-state index contributed by atoms with van der Waals surface area (Å²) >= 11 is 6.21. The van der Waals surface area contributed by atoms with E-state index in [1.807, 2.05) is 19.9 Å². The number of halogens is 1. The number of hydrogen-bond acceptors (Lipinski definition) is 5. The van der Waals surface area contributed by atoms with Gasteiger partial charge in [0.2, 0.25) is 5.76 Å². The number of nitriles is 1. The van der Waals surface area contributed by atoms with Crippen LogP contribution in [0.4, 0.5) is 0 Å². The lowest BCUT2D eigenvalue weighted by Gasteiger charge is -2.34. The Balaban J connectivity index is 1.51. The van der Waals surface area contributed by atoms with Gasteiger partial charge in [0.15, 0.2) is 0 Å². The Hall–Kier alpha value is -2.79. The normalized spacial score (nSPS) is 21.1. The van der Waals surface area contributed by atoms with Crippen LogP contribution in [0.1, 0.15) is 52.9 Å². The Bertz CT molecular complexity index is 957. The van der Waals surface area contributed by atoms with Crippen LogP contribution in [-0.4, -0.2) is 56.6 Å². The average molecular weight is 388 g/mol. The molecule has 2 amide bonds. The Morgan fingerprint density at radius 3 is 2.52 bits per heavy atom. The van der Waals surface area contributed by atoms with E-state index in [4.69, 9.17) is 21.3 Å². The van der Waals surface area contributed by atoms with E-state index in [0.29, 0.717) is 29.4 Å². The monoisotopic (exact) mass is 387 g/mol. The number of furan rings is 1. The summed E-state index contributed by atoms with van der Waals surface area (Å²) in [5.74, 6) is -0.220. The minimum atomic E-state index is -0.176. The van der Waals surface area contributed by atoms with E-state index in [9.17, 15) is 9.59 Å². The SMILES string of the molecule is CC(C)n1ncc(Cl)c1C(=O)N1C[C@@H]2C[C@H]1CN2C(=O)c1coc(C#N)c1. The van der Waals surface area contributed by atoms with Crippen LogP contribution in [0, 0.1) is 11.3 Å². The first kappa shape index (κ1) is 17.6. The van der Waals surface area contributed by atoms with Crippen LogP contribution >= 0.6 is 11.6 Å². The molecule has 0 unspecified atom stereocenters. The highest BCUT2D eigenvalue weighted by atomic mass is 35.5. The number of nitrogens with zero attached hydrogens (tertiary/aromatic N) is 5. The smallest absolute Gasteiger partial charge is 0.274 e. The first-order valence-electron chi connectivity index (χ1n) is 8.74. The molecule has 0 radical (unpaired) electrons. The van der Waals surface area contributed by atoms with E-state index >= 15 is 0 Å². The summed E-state index contributed by atoms with van der Waals surface area (Å²) in [5.41, 5.74) is 0.753. The largest absolute Gasteiger partial charge is 0.453 e. The Morgan fingerprint density at radius 2 is 1.96 bits per heavy atom. The summed E-state index contributed by atoms with van der Waals surface area (Å²) in [7, 11) is 0. The van der Waals surface area contributed by atoms with Gasteiger partial charge in [0.25, 0.3) is 11.8 Å². The second-order valence-corrected chi connectivity index (χ2v) is 7.56. The molecule has 0 aromatic carbocycles. The van der Waals surface area contributed by atoms with E-state index in [1.54, 1.807) is 14.5 Å². The van der Waals surface area contributed by atoms with Crippen molar-refractivity contribution in [2.24, 2.45) is 0 Å². The molecule has 4 heterocycles. The quantitative estimate of drug-likeness (QED) is 0.805. The molecule has 8 nitrogen and oxygen atoms in total. The zero-order valence-corrected chi connectivity index (χ0v) is 15.7. The van der Waals surface area contributed by atoms with Gasteiger partial charge in [0, 0.05) is 25.2 Å². The van der Waals surface area contributed by atoms with Crippen LogP contribution in [0.3, 0.4) is 0 Å². The molecule has 2 aromatic rings. The molecule has 2 atom stereocenters. The topological polar surface area (TPSA) is 95.4 Å². The number of amides is 2. The molecule has 2 aliphatic heterocycles. The predicted octanol–water partition coefficient (Wildman–Crippen LogP) is 2.32. The number of aromatic nitrogens is 2. The number of likely N-dealkylation sites (tertiary alicyclic amines) is 2. The fourth-order valence-corrected chi connectivity index (χ4v) is 4.12. The number of carbonyl (C=O) groups excluding carboxylic acids is 2. The third kappa shape index (κ3) is 2.79. The summed E-state index contributed by atoms with van der Waals surface area (Å²) in [6.45, 7) is 4.79. The van der Waals surface area contributed by atoms with Gasteiger partial charge in [0.05, 0.1) is 28.9 Å². The second-order valence-electron chi connectivity index (χ2n) is 7.15. The van der Waals surface area contributed by atoms with Gasteiger partial charge in [-0.15, -0.1) is 0 Å².